The molecule has 3 nitrogen and oxygen atoms in total. The Labute approximate surface area is 112 Å². The Morgan fingerprint density at radius 3 is 3.06 bits per heavy atom. The smallest absolute Gasteiger partial charge is 0.0576 e. The first-order chi connectivity index (χ1) is 8.79. The molecule has 2 aliphatic rings. The Morgan fingerprint density at radius 2 is 2.33 bits per heavy atom. The molecule has 0 bridgehead atoms. The molecule has 0 aromatic carbocycles. The largest absolute Gasteiger partial charge is 0.378 e. The molecule has 0 radical (unpaired) electrons. The summed E-state index contributed by atoms with van der Waals surface area (Å²) in [5.41, 5.74) is 0. The number of hydrogen-bond acceptors (Lipinski definition) is 3. The summed E-state index contributed by atoms with van der Waals surface area (Å²) in [5.74, 6) is 0.797. The molecule has 2 fully saturated rings. The zero-order valence-electron chi connectivity index (χ0n) is 12.2. The second-order valence-corrected chi connectivity index (χ2v) is 6.02. The fourth-order valence-electron chi connectivity index (χ4n) is 3.13. The first-order valence-corrected chi connectivity index (χ1v) is 7.87. The molecule has 0 spiro atoms. The molecule has 0 amide bonds. The van der Waals surface area contributed by atoms with Gasteiger partial charge in [-0.15, -0.1) is 0 Å². The molecule has 0 aliphatic carbocycles. The summed E-state index contributed by atoms with van der Waals surface area (Å²) in [5, 5.41) is 3.66. The van der Waals surface area contributed by atoms with Crippen molar-refractivity contribution >= 4 is 0 Å². The molecule has 0 aromatic rings. The van der Waals surface area contributed by atoms with E-state index in [0.29, 0.717) is 12.1 Å². The van der Waals surface area contributed by atoms with Crippen LogP contribution in [0.4, 0.5) is 0 Å². The Balaban J connectivity index is 1.62. The van der Waals surface area contributed by atoms with Crippen molar-refractivity contribution < 1.29 is 4.74 Å². The van der Waals surface area contributed by atoms with Crippen LogP contribution in [0.2, 0.25) is 0 Å². The van der Waals surface area contributed by atoms with Gasteiger partial charge in [-0.05, 0) is 38.1 Å². The maximum Gasteiger partial charge on any atom is 0.0576 e. The van der Waals surface area contributed by atoms with Crippen molar-refractivity contribution in [3.8, 4) is 0 Å². The van der Waals surface area contributed by atoms with Gasteiger partial charge in [-0.25, -0.2) is 0 Å². The van der Waals surface area contributed by atoms with Crippen molar-refractivity contribution in [1.82, 2.24) is 10.2 Å². The van der Waals surface area contributed by atoms with E-state index in [1.54, 1.807) is 0 Å². The van der Waals surface area contributed by atoms with Gasteiger partial charge >= 0.3 is 0 Å². The third-order valence-corrected chi connectivity index (χ3v) is 4.64. The third-order valence-electron chi connectivity index (χ3n) is 4.64. The first-order valence-electron chi connectivity index (χ1n) is 7.87. The summed E-state index contributed by atoms with van der Waals surface area (Å²) in [6.45, 7) is 10.5. The summed E-state index contributed by atoms with van der Waals surface area (Å²) in [6.07, 6.45) is 6.97. The fourth-order valence-corrected chi connectivity index (χ4v) is 3.13. The Morgan fingerprint density at radius 1 is 1.44 bits per heavy atom. The molecule has 2 rings (SSSR count). The van der Waals surface area contributed by atoms with Crippen molar-refractivity contribution in [2.75, 3.05) is 32.8 Å². The van der Waals surface area contributed by atoms with E-state index >= 15 is 0 Å². The maximum atomic E-state index is 5.69. The molecule has 18 heavy (non-hydrogen) atoms. The first kappa shape index (κ1) is 14.3. The summed E-state index contributed by atoms with van der Waals surface area (Å²) in [4.78, 5) is 2.64. The lowest BCUT2D eigenvalue weighted by Crippen LogP contribution is -2.53. The number of piperazine rings is 1. The monoisotopic (exact) mass is 254 g/mol. The van der Waals surface area contributed by atoms with Crippen LogP contribution in [0, 0.1) is 5.92 Å². The van der Waals surface area contributed by atoms with Gasteiger partial charge in [0.1, 0.15) is 0 Å². The van der Waals surface area contributed by atoms with Gasteiger partial charge in [0, 0.05) is 32.3 Å². The lowest BCUT2D eigenvalue weighted by molar-refractivity contribution is 0.0952. The van der Waals surface area contributed by atoms with Gasteiger partial charge in [0.15, 0.2) is 0 Å². The predicted octanol–water partition coefficient (Wildman–Crippen LogP) is 2.27. The van der Waals surface area contributed by atoms with Crippen LogP contribution < -0.4 is 5.32 Å². The van der Waals surface area contributed by atoms with Crippen molar-refractivity contribution in [3.05, 3.63) is 0 Å². The van der Waals surface area contributed by atoms with Crippen molar-refractivity contribution in [2.24, 2.45) is 5.92 Å². The number of ether oxygens (including phenoxy) is 1. The summed E-state index contributed by atoms with van der Waals surface area (Å²) in [6, 6.07) is 0.700. The van der Waals surface area contributed by atoms with E-state index in [1.807, 2.05) is 0 Å². The van der Waals surface area contributed by atoms with E-state index in [1.165, 1.54) is 51.7 Å². The molecule has 0 aromatic heterocycles. The summed E-state index contributed by atoms with van der Waals surface area (Å²) < 4.78 is 5.69. The lowest BCUT2D eigenvalue weighted by Gasteiger charge is -2.36. The van der Waals surface area contributed by atoms with Crippen LogP contribution in [0.3, 0.4) is 0 Å². The van der Waals surface area contributed by atoms with Crippen LogP contribution in [0.5, 0.6) is 0 Å². The van der Waals surface area contributed by atoms with E-state index in [9.17, 15) is 0 Å². The van der Waals surface area contributed by atoms with Crippen LogP contribution >= 0.6 is 0 Å². The van der Waals surface area contributed by atoms with Gasteiger partial charge in [0.05, 0.1) is 6.10 Å². The molecule has 0 saturated carbocycles. The van der Waals surface area contributed by atoms with Crippen LogP contribution in [-0.2, 0) is 4.74 Å². The van der Waals surface area contributed by atoms with Crippen molar-refractivity contribution in [3.63, 3.8) is 0 Å². The van der Waals surface area contributed by atoms with Gasteiger partial charge in [-0.2, -0.15) is 0 Å². The summed E-state index contributed by atoms with van der Waals surface area (Å²) >= 11 is 0. The van der Waals surface area contributed by atoms with Gasteiger partial charge in [0.25, 0.3) is 0 Å². The highest BCUT2D eigenvalue weighted by Crippen LogP contribution is 2.18. The molecular weight excluding hydrogens is 224 g/mol. The molecule has 2 saturated heterocycles. The highest BCUT2D eigenvalue weighted by Gasteiger charge is 2.23. The minimum Gasteiger partial charge on any atom is -0.378 e. The number of hydrogen-bond donors (Lipinski definition) is 1. The second-order valence-electron chi connectivity index (χ2n) is 6.02. The Bertz CT molecular complexity index is 229. The highest BCUT2D eigenvalue weighted by molar-refractivity contribution is 4.82. The predicted molar refractivity (Wildman–Crippen MR) is 75.9 cm³/mol. The Hall–Kier alpha value is -0.120. The number of rotatable bonds is 6. The molecule has 2 heterocycles. The van der Waals surface area contributed by atoms with Crippen molar-refractivity contribution in [1.29, 1.82) is 0 Å². The molecular formula is C15H30N2O. The average molecular weight is 254 g/mol. The zero-order chi connectivity index (χ0) is 12.8. The van der Waals surface area contributed by atoms with E-state index < -0.39 is 0 Å². The van der Waals surface area contributed by atoms with Gasteiger partial charge in [-0.3, -0.25) is 0 Å². The molecule has 1 N–H and O–H groups in total. The second kappa shape index (κ2) is 7.46. The van der Waals surface area contributed by atoms with Gasteiger partial charge < -0.3 is 15.0 Å². The van der Waals surface area contributed by atoms with Crippen LogP contribution in [0.1, 0.15) is 46.0 Å². The molecule has 106 valence electrons. The number of nitrogens with zero attached hydrogens (tertiary/aromatic N) is 1. The topological polar surface area (TPSA) is 24.5 Å². The van der Waals surface area contributed by atoms with Gasteiger partial charge in [0.2, 0.25) is 0 Å². The SMILES string of the molecule is CCC(C)C1CN(CCCC2CCCO2)CCN1. The van der Waals surface area contributed by atoms with Gasteiger partial charge in [-0.1, -0.05) is 20.3 Å². The quantitative estimate of drug-likeness (QED) is 0.787. The molecule has 3 atom stereocenters. The van der Waals surface area contributed by atoms with Crippen LogP contribution in [0.25, 0.3) is 0 Å². The molecule has 2 aliphatic heterocycles. The minimum absolute atomic E-state index is 0.568. The number of nitrogens with one attached hydrogen (secondary N) is 1. The van der Waals surface area contributed by atoms with E-state index in [0.717, 1.165) is 19.1 Å². The zero-order valence-corrected chi connectivity index (χ0v) is 12.2. The average Bonchev–Trinajstić information content (AvgIpc) is 2.91. The van der Waals surface area contributed by atoms with E-state index in [-0.39, 0.29) is 0 Å². The molecule has 3 heteroatoms. The Kier molecular flexibility index (Phi) is 5.93. The maximum absolute atomic E-state index is 5.69. The third kappa shape index (κ3) is 4.22. The standard InChI is InChI=1S/C15H30N2O/c1-3-13(2)15-12-17(10-8-16-15)9-4-6-14-7-5-11-18-14/h13-16H,3-12H2,1-2H3. The fraction of sp³-hybridized carbons (Fsp3) is 1.00. The summed E-state index contributed by atoms with van der Waals surface area (Å²) in [7, 11) is 0. The van der Waals surface area contributed by atoms with Crippen molar-refractivity contribution in [2.45, 2.75) is 58.1 Å². The van der Waals surface area contributed by atoms with E-state index in [2.05, 4.69) is 24.1 Å². The normalized spacial score (nSPS) is 31.7. The molecule has 3 unspecified atom stereocenters. The lowest BCUT2D eigenvalue weighted by atomic mass is 9.97. The van der Waals surface area contributed by atoms with Crippen LogP contribution in [0.15, 0.2) is 0 Å². The van der Waals surface area contributed by atoms with Crippen LogP contribution in [-0.4, -0.2) is 49.8 Å². The minimum atomic E-state index is 0.568. The van der Waals surface area contributed by atoms with E-state index in [4.69, 9.17) is 4.74 Å². The highest BCUT2D eigenvalue weighted by atomic mass is 16.5.